The predicted molar refractivity (Wildman–Crippen MR) is 121 cm³/mol. The number of benzene rings is 3. The molecule has 1 aromatic heterocycles. The van der Waals surface area contributed by atoms with Crippen LogP contribution in [0.25, 0.3) is 10.9 Å². The van der Waals surface area contributed by atoms with E-state index in [1.54, 1.807) is 0 Å². The smallest absolute Gasteiger partial charge is 0.221 e. The van der Waals surface area contributed by atoms with Gasteiger partial charge in [0.1, 0.15) is 5.75 Å². The average molecular weight is 399 g/mol. The van der Waals surface area contributed by atoms with Crippen LogP contribution in [0.3, 0.4) is 0 Å². The maximum Gasteiger partial charge on any atom is 0.221 e. The number of rotatable bonds is 8. The summed E-state index contributed by atoms with van der Waals surface area (Å²) < 4.78 is 5.58. The van der Waals surface area contributed by atoms with E-state index in [-0.39, 0.29) is 11.8 Å². The zero-order valence-corrected chi connectivity index (χ0v) is 17.1. The minimum Gasteiger partial charge on any atom is -0.494 e. The molecule has 30 heavy (non-hydrogen) atoms. The van der Waals surface area contributed by atoms with Gasteiger partial charge in [0.15, 0.2) is 0 Å². The van der Waals surface area contributed by atoms with Gasteiger partial charge in [-0.1, -0.05) is 60.7 Å². The molecule has 0 bridgehead atoms. The first kappa shape index (κ1) is 19.8. The van der Waals surface area contributed by atoms with E-state index < -0.39 is 0 Å². The summed E-state index contributed by atoms with van der Waals surface area (Å²) in [6, 6.07) is 26.2. The lowest BCUT2D eigenvalue weighted by molar-refractivity contribution is -0.121. The van der Waals surface area contributed by atoms with Gasteiger partial charge in [0.2, 0.25) is 5.91 Å². The Hall–Kier alpha value is -3.53. The molecule has 1 amide bonds. The Kier molecular flexibility index (Phi) is 6.14. The second-order valence-corrected chi connectivity index (χ2v) is 7.31. The molecule has 0 aliphatic rings. The lowest BCUT2D eigenvalue weighted by Crippen LogP contribution is -2.25. The largest absolute Gasteiger partial charge is 0.494 e. The first-order valence-electron chi connectivity index (χ1n) is 10.3. The molecule has 4 heteroatoms. The van der Waals surface area contributed by atoms with Crippen LogP contribution < -0.4 is 10.1 Å². The SMILES string of the molecule is CCOc1ccc([C@@H](CC(=O)NCc2ccccc2)c2c[nH]c3ccccc23)cc1. The van der Waals surface area contributed by atoms with Gasteiger partial charge in [0.05, 0.1) is 6.61 Å². The molecule has 1 atom stereocenters. The summed E-state index contributed by atoms with van der Waals surface area (Å²) in [7, 11) is 0. The molecule has 4 nitrogen and oxygen atoms in total. The molecule has 4 rings (SSSR count). The maximum absolute atomic E-state index is 12.9. The molecule has 0 spiro atoms. The van der Waals surface area contributed by atoms with Gasteiger partial charge in [0, 0.05) is 36.0 Å². The molecule has 0 saturated heterocycles. The Morgan fingerprint density at radius 2 is 1.70 bits per heavy atom. The van der Waals surface area contributed by atoms with Crippen molar-refractivity contribution in [2.75, 3.05) is 6.61 Å². The Morgan fingerprint density at radius 3 is 2.47 bits per heavy atom. The van der Waals surface area contributed by atoms with E-state index in [0.29, 0.717) is 19.6 Å². The number of hydrogen-bond acceptors (Lipinski definition) is 2. The van der Waals surface area contributed by atoms with Crippen molar-refractivity contribution in [3.8, 4) is 5.75 Å². The molecule has 0 saturated carbocycles. The summed E-state index contributed by atoms with van der Waals surface area (Å²) in [4.78, 5) is 16.2. The second-order valence-electron chi connectivity index (χ2n) is 7.31. The van der Waals surface area contributed by atoms with Gasteiger partial charge in [-0.15, -0.1) is 0 Å². The Morgan fingerprint density at radius 1 is 0.967 bits per heavy atom. The number of H-pyrrole nitrogens is 1. The van der Waals surface area contributed by atoms with Crippen molar-refractivity contribution in [3.63, 3.8) is 0 Å². The Labute approximate surface area is 176 Å². The standard InChI is InChI=1S/C26H26N2O2/c1-2-30-21-14-12-20(13-15-21)23(24-18-27-25-11-7-6-10-22(24)25)16-26(29)28-17-19-8-4-3-5-9-19/h3-15,18,23,27H,2,16-17H2,1H3,(H,28,29)/t23-/m1/s1. The monoisotopic (exact) mass is 398 g/mol. The summed E-state index contributed by atoms with van der Waals surface area (Å²) in [5, 5.41) is 4.21. The molecule has 0 radical (unpaired) electrons. The molecule has 0 aliphatic carbocycles. The van der Waals surface area contributed by atoms with Crippen molar-refractivity contribution in [1.82, 2.24) is 10.3 Å². The number of carbonyl (C=O) groups excluding carboxylic acids is 1. The average Bonchev–Trinajstić information content (AvgIpc) is 3.22. The number of para-hydroxylation sites is 1. The van der Waals surface area contributed by atoms with E-state index in [1.807, 2.05) is 67.7 Å². The van der Waals surface area contributed by atoms with Crippen LogP contribution in [0.5, 0.6) is 5.75 Å². The van der Waals surface area contributed by atoms with Crippen LogP contribution in [0.1, 0.15) is 36.0 Å². The molecule has 152 valence electrons. The zero-order chi connectivity index (χ0) is 20.8. The van der Waals surface area contributed by atoms with Gasteiger partial charge in [-0.3, -0.25) is 4.79 Å². The first-order chi connectivity index (χ1) is 14.7. The molecule has 3 aromatic carbocycles. The lowest BCUT2D eigenvalue weighted by atomic mass is 9.88. The fourth-order valence-electron chi connectivity index (χ4n) is 3.81. The normalized spacial score (nSPS) is 11.9. The third-order valence-corrected chi connectivity index (χ3v) is 5.31. The van der Waals surface area contributed by atoms with Crippen LogP contribution >= 0.6 is 0 Å². The molecule has 1 heterocycles. The fraction of sp³-hybridized carbons (Fsp3) is 0.192. The Balaban J connectivity index is 1.59. The fourth-order valence-corrected chi connectivity index (χ4v) is 3.81. The molecular formula is C26H26N2O2. The summed E-state index contributed by atoms with van der Waals surface area (Å²) in [5.74, 6) is 0.822. The van der Waals surface area contributed by atoms with Crippen LogP contribution in [0.4, 0.5) is 0 Å². The maximum atomic E-state index is 12.9. The minimum absolute atomic E-state index is 0.0306. The van der Waals surface area contributed by atoms with E-state index >= 15 is 0 Å². The van der Waals surface area contributed by atoms with Crippen molar-refractivity contribution in [1.29, 1.82) is 0 Å². The van der Waals surface area contributed by atoms with E-state index in [1.165, 1.54) is 0 Å². The number of hydrogen-bond donors (Lipinski definition) is 2. The highest BCUT2D eigenvalue weighted by Crippen LogP contribution is 2.34. The first-order valence-corrected chi connectivity index (χ1v) is 10.3. The summed E-state index contributed by atoms with van der Waals surface area (Å²) in [5.41, 5.74) is 4.39. The van der Waals surface area contributed by atoms with Crippen LogP contribution in [0.15, 0.2) is 85.1 Å². The van der Waals surface area contributed by atoms with Gasteiger partial charge in [-0.25, -0.2) is 0 Å². The van der Waals surface area contributed by atoms with Crippen molar-refractivity contribution in [3.05, 3.63) is 102 Å². The van der Waals surface area contributed by atoms with Crippen LogP contribution in [-0.4, -0.2) is 17.5 Å². The topological polar surface area (TPSA) is 54.1 Å². The highest BCUT2D eigenvalue weighted by atomic mass is 16.5. The highest BCUT2D eigenvalue weighted by molar-refractivity contribution is 5.86. The number of nitrogens with one attached hydrogen (secondary N) is 2. The lowest BCUT2D eigenvalue weighted by Gasteiger charge is -2.18. The number of aromatic nitrogens is 1. The van der Waals surface area contributed by atoms with Crippen molar-refractivity contribution in [2.45, 2.75) is 25.8 Å². The van der Waals surface area contributed by atoms with Gasteiger partial charge in [0.25, 0.3) is 0 Å². The number of amides is 1. The Bertz CT molecular complexity index is 1100. The number of fused-ring (bicyclic) bond motifs is 1. The van der Waals surface area contributed by atoms with Gasteiger partial charge in [-0.05, 0) is 41.8 Å². The van der Waals surface area contributed by atoms with E-state index in [0.717, 1.165) is 33.3 Å². The molecule has 0 aliphatic heterocycles. The third kappa shape index (κ3) is 4.54. The summed E-state index contributed by atoms with van der Waals surface area (Å²) in [6.45, 7) is 3.14. The number of carbonyl (C=O) groups is 1. The van der Waals surface area contributed by atoms with Gasteiger partial charge < -0.3 is 15.0 Å². The van der Waals surface area contributed by atoms with Crippen molar-refractivity contribution >= 4 is 16.8 Å². The van der Waals surface area contributed by atoms with Crippen LogP contribution in [-0.2, 0) is 11.3 Å². The van der Waals surface area contributed by atoms with Gasteiger partial charge >= 0.3 is 0 Å². The van der Waals surface area contributed by atoms with Crippen LogP contribution in [0.2, 0.25) is 0 Å². The zero-order valence-electron chi connectivity index (χ0n) is 17.1. The summed E-state index contributed by atoms with van der Waals surface area (Å²) in [6.07, 6.45) is 2.40. The number of ether oxygens (including phenoxy) is 1. The van der Waals surface area contributed by atoms with E-state index in [4.69, 9.17) is 4.74 Å². The molecule has 0 unspecified atom stereocenters. The highest BCUT2D eigenvalue weighted by Gasteiger charge is 2.21. The van der Waals surface area contributed by atoms with Gasteiger partial charge in [-0.2, -0.15) is 0 Å². The van der Waals surface area contributed by atoms with E-state index in [9.17, 15) is 4.79 Å². The molecule has 2 N–H and O–H groups in total. The molecule has 0 fully saturated rings. The number of aromatic amines is 1. The summed E-state index contributed by atoms with van der Waals surface area (Å²) >= 11 is 0. The quantitative estimate of drug-likeness (QED) is 0.417. The second kappa shape index (κ2) is 9.31. The van der Waals surface area contributed by atoms with Crippen molar-refractivity contribution in [2.24, 2.45) is 0 Å². The van der Waals surface area contributed by atoms with Crippen molar-refractivity contribution < 1.29 is 9.53 Å². The molecule has 4 aromatic rings. The predicted octanol–water partition coefficient (Wildman–Crippen LogP) is 5.41. The minimum atomic E-state index is -0.0485. The third-order valence-electron chi connectivity index (χ3n) is 5.31. The van der Waals surface area contributed by atoms with E-state index in [2.05, 4.69) is 34.6 Å². The molecular weight excluding hydrogens is 372 g/mol. The van der Waals surface area contributed by atoms with Crippen LogP contribution in [0, 0.1) is 0 Å².